The van der Waals surface area contributed by atoms with Crippen LogP contribution in [0.1, 0.15) is 0 Å². The van der Waals surface area contributed by atoms with Gasteiger partial charge in [0.2, 0.25) is 5.91 Å². The van der Waals surface area contributed by atoms with Gasteiger partial charge in [-0.25, -0.2) is 0 Å². The van der Waals surface area contributed by atoms with Crippen molar-refractivity contribution in [1.29, 1.82) is 0 Å². The van der Waals surface area contributed by atoms with Crippen LogP contribution in [-0.4, -0.2) is 40.5 Å². The lowest BCUT2D eigenvalue weighted by atomic mass is 10.1. The first-order valence-corrected chi connectivity index (χ1v) is 11.3. The minimum absolute atomic E-state index is 0.0867. The first-order valence-electron chi connectivity index (χ1n) is 10.3. The van der Waals surface area contributed by atoms with Gasteiger partial charge < -0.3 is 10.2 Å². The van der Waals surface area contributed by atoms with E-state index in [-0.39, 0.29) is 11.7 Å². The van der Waals surface area contributed by atoms with E-state index in [2.05, 4.69) is 22.1 Å². The van der Waals surface area contributed by atoms with E-state index in [1.807, 2.05) is 90.3 Å². The predicted molar refractivity (Wildman–Crippen MR) is 133 cm³/mol. The Hall–Kier alpha value is -3.58. The summed E-state index contributed by atoms with van der Waals surface area (Å²) in [6, 6.07) is 22.0. The summed E-state index contributed by atoms with van der Waals surface area (Å²) in [6.07, 6.45) is 1.81. The summed E-state index contributed by atoms with van der Waals surface area (Å²) >= 11 is 1.36. The van der Waals surface area contributed by atoms with Crippen molar-refractivity contribution >= 4 is 39.8 Å². The van der Waals surface area contributed by atoms with Gasteiger partial charge in [0.15, 0.2) is 11.0 Å². The summed E-state index contributed by atoms with van der Waals surface area (Å²) in [6.45, 7) is 4.42. The monoisotopic (exact) mass is 443 g/mol. The number of anilines is 2. The van der Waals surface area contributed by atoms with Crippen LogP contribution in [0.4, 0.5) is 11.4 Å². The molecule has 3 aromatic carbocycles. The number of hydrogen-bond donors (Lipinski definition) is 1. The second kappa shape index (κ2) is 9.70. The molecule has 0 unspecified atom stereocenters. The van der Waals surface area contributed by atoms with Gasteiger partial charge in [-0.3, -0.25) is 9.36 Å². The molecule has 0 radical (unpaired) electrons. The van der Waals surface area contributed by atoms with Crippen molar-refractivity contribution in [2.75, 3.05) is 30.1 Å². The van der Waals surface area contributed by atoms with Crippen molar-refractivity contribution in [1.82, 2.24) is 14.8 Å². The first-order chi connectivity index (χ1) is 15.6. The molecule has 162 valence electrons. The largest absolute Gasteiger partial charge is 0.378 e. The van der Waals surface area contributed by atoms with Crippen molar-refractivity contribution in [3.63, 3.8) is 0 Å². The summed E-state index contributed by atoms with van der Waals surface area (Å²) in [5.74, 6) is 0.904. The Morgan fingerprint density at radius 3 is 2.56 bits per heavy atom. The fourth-order valence-corrected chi connectivity index (χ4v) is 4.21. The molecular formula is C25H25N5OS. The number of carbonyl (C=O) groups excluding carboxylic acids is 1. The molecule has 4 rings (SSSR count). The highest BCUT2D eigenvalue weighted by molar-refractivity contribution is 7.99. The number of nitrogens with zero attached hydrogens (tertiary/aromatic N) is 4. The fraction of sp³-hybridized carbons (Fsp3) is 0.160. The number of rotatable bonds is 8. The third-order valence-electron chi connectivity index (χ3n) is 5.07. The van der Waals surface area contributed by atoms with Crippen LogP contribution in [-0.2, 0) is 11.3 Å². The maximum atomic E-state index is 12.7. The molecule has 0 saturated heterocycles. The number of nitrogens with one attached hydrogen (secondary N) is 1. The van der Waals surface area contributed by atoms with Gasteiger partial charge in [-0.15, -0.1) is 16.8 Å². The van der Waals surface area contributed by atoms with Crippen LogP contribution in [0, 0.1) is 0 Å². The molecule has 1 amide bonds. The maximum absolute atomic E-state index is 12.7. The molecule has 7 heteroatoms. The average molecular weight is 444 g/mol. The van der Waals surface area contributed by atoms with E-state index in [4.69, 9.17) is 0 Å². The zero-order valence-corrected chi connectivity index (χ0v) is 19.0. The lowest BCUT2D eigenvalue weighted by Gasteiger charge is -2.13. The summed E-state index contributed by atoms with van der Waals surface area (Å²) in [7, 11) is 4.01. The van der Waals surface area contributed by atoms with Crippen LogP contribution >= 0.6 is 11.8 Å². The average Bonchev–Trinajstić information content (AvgIpc) is 3.21. The highest BCUT2D eigenvalue weighted by Crippen LogP contribution is 2.27. The van der Waals surface area contributed by atoms with Gasteiger partial charge in [0.1, 0.15) is 0 Å². The molecule has 32 heavy (non-hydrogen) atoms. The lowest BCUT2D eigenvalue weighted by molar-refractivity contribution is -0.113. The van der Waals surface area contributed by atoms with E-state index < -0.39 is 0 Å². The topological polar surface area (TPSA) is 63.1 Å². The summed E-state index contributed by atoms with van der Waals surface area (Å²) in [4.78, 5) is 14.7. The van der Waals surface area contributed by atoms with E-state index in [9.17, 15) is 4.79 Å². The summed E-state index contributed by atoms with van der Waals surface area (Å²) < 4.78 is 1.98. The minimum Gasteiger partial charge on any atom is -0.378 e. The highest BCUT2D eigenvalue weighted by Gasteiger charge is 2.15. The second-order valence-electron chi connectivity index (χ2n) is 7.51. The van der Waals surface area contributed by atoms with E-state index in [0.717, 1.165) is 33.5 Å². The number of thioether (sulfide) groups is 1. The Bertz CT molecular complexity index is 1240. The highest BCUT2D eigenvalue weighted by atomic mass is 32.2. The molecule has 4 aromatic rings. The SMILES string of the molecule is C=CCn1c(SCC(=O)Nc2cccc3ccccc23)nnc1-c1ccc(N(C)C)cc1. The van der Waals surface area contributed by atoms with Crippen molar-refractivity contribution in [3.8, 4) is 11.4 Å². The molecular weight excluding hydrogens is 418 g/mol. The van der Waals surface area contributed by atoms with Gasteiger partial charge >= 0.3 is 0 Å². The predicted octanol–water partition coefficient (Wildman–Crippen LogP) is 5.08. The fourth-order valence-electron chi connectivity index (χ4n) is 3.46. The molecule has 1 heterocycles. The van der Waals surface area contributed by atoms with Gasteiger partial charge in [0.05, 0.1) is 5.75 Å². The Morgan fingerprint density at radius 1 is 1.06 bits per heavy atom. The van der Waals surface area contributed by atoms with Crippen molar-refractivity contribution in [2.45, 2.75) is 11.7 Å². The van der Waals surface area contributed by atoms with Crippen molar-refractivity contribution in [3.05, 3.63) is 79.4 Å². The van der Waals surface area contributed by atoms with Gasteiger partial charge in [-0.1, -0.05) is 54.2 Å². The molecule has 0 spiro atoms. The molecule has 0 saturated carbocycles. The molecule has 0 aliphatic carbocycles. The van der Waals surface area contributed by atoms with Crippen LogP contribution in [0.25, 0.3) is 22.2 Å². The van der Waals surface area contributed by atoms with Gasteiger partial charge in [0.25, 0.3) is 0 Å². The van der Waals surface area contributed by atoms with Gasteiger partial charge in [-0.05, 0) is 35.7 Å². The molecule has 0 fully saturated rings. The van der Waals surface area contributed by atoms with Crippen molar-refractivity contribution < 1.29 is 4.79 Å². The van der Waals surface area contributed by atoms with E-state index in [1.54, 1.807) is 6.08 Å². The Kier molecular flexibility index (Phi) is 6.56. The molecule has 1 N–H and O–H groups in total. The molecule has 0 atom stereocenters. The van der Waals surface area contributed by atoms with Gasteiger partial charge in [-0.2, -0.15) is 0 Å². The first kappa shape index (κ1) is 21.6. The smallest absolute Gasteiger partial charge is 0.234 e. The van der Waals surface area contributed by atoms with E-state index in [0.29, 0.717) is 11.7 Å². The maximum Gasteiger partial charge on any atom is 0.234 e. The normalized spacial score (nSPS) is 10.8. The number of aromatic nitrogens is 3. The molecule has 1 aromatic heterocycles. The van der Waals surface area contributed by atoms with Crippen LogP contribution < -0.4 is 10.2 Å². The molecule has 0 aliphatic rings. The van der Waals surface area contributed by atoms with Crippen molar-refractivity contribution in [2.24, 2.45) is 0 Å². The molecule has 6 nitrogen and oxygen atoms in total. The standard InChI is InChI=1S/C25H25N5OS/c1-4-16-30-24(19-12-14-20(15-13-19)29(2)3)27-28-25(30)32-17-23(31)26-22-11-7-9-18-8-5-6-10-21(18)22/h4-15H,1,16-17H2,2-3H3,(H,26,31). The van der Waals surface area contributed by atoms with E-state index in [1.165, 1.54) is 11.8 Å². The Labute approximate surface area is 192 Å². The third-order valence-corrected chi connectivity index (χ3v) is 6.03. The van der Waals surface area contributed by atoms with Crippen LogP contribution in [0.15, 0.2) is 84.5 Å². The number of fused-ring (bicyclic) bond motifs is 1. The molecule has 0 aliphatic heterocycles. The lowest BCUT2D eigenvalue weighted by Crippen LogP contribution is -2.15. The van der Waals surface area contributed by atoms with E-state index >= 15 is 0 Å². The number of allylic oxidation sites excluding steroid dienone is 1. The Morgan fingerprint density at radius 2 is 1.81 bits per heavy atom. The second-order valence-corrected chi connectivity index (χ2v) is 8.45. The summed E-state index contributed by atoms with van der Waals surface area (Å²) in [5, 5.41) is 14.5. The van der Waals surface area contributed by atoms with Crippen LogP contribution in [0.3, 0.4) is 0 Å². The number of carbonyl (C=O) groups is 1. The van der Waals surface area contributed by atoms with Crippen LogP contribution in [0.5, 0.6) is 0 Å². The summed E-state index contributed by atoms with van der Waals surface area (Å²) in [5.41, 5.74) is 2.89. The minimum atomic E-state index is -0.0867. The molecule has 0 bridgehead atoms. The van der Waals surface area contributed by atoms with Crippen LogP contribution in [0.2, 0.25) is 0 Å². The number of amides is 1. The van der Waals surface area contributed by atoms with Gasteiger partial charge in [0, 0.05) is 43.0 Å². The third kappa shape index (κ3) is 4.68. The Balaban J connectivity index is 1.49. The zero-order chi connectivity index (χ0) is 22.5. The quantitative estimate of drug-likeness (QED) is 0.304. The number of hydrogen-bond acceptors (Lipinski definition) is 5. The zero-order valence-electron chi connectivity index (χ0n) is 18.2. The number of benzene rings is 3.